The average molecular weight is 488 g/mol. The fourth-order valence-electron chi connectivity index (χ4n) is 3.69. The number of rotatable bonds is 6. The maximum absolute atomic E-state index is 12.5. The molecule has 0 aromatic heterocycles. The number of nitrogens with zero attached hydrogens (tertiary/aromatic N) is 2. The summed E-state index contributed by atoms with van der Waals surface area (Å²) in [6.07, 6.45) is 4.54. The van der Waals surface area contributed by atoms with Crippen LogP contribution in [0, 0.1) is 0 Å². The third kappa shape index (κ3) is 6.07. The summed E-state index contributed by atoms with van der Waals surface area (Å²) in [6.45, 7) is 4.11. The Morgan fingerprint density at radius 3 is 2.55 bits per heavy atom. The van der Waals surface area contributed by atoms with E-state index in [1.54, 1.807) is 36.4 Å². The van der Waals surface area contributed by atoms with E-state index in [2.05, 4.69) is 40.3 Å². The molecule has 0 bridgehead atoms. The fraction of sp³-hybridized carbons (Fsp3) is 0.348. The van der Waals surface area contributed by atoms with Crippen molar-refractivity contribution in [3.8, 4) is 11.5 Å². The molecular formula is C23H26BrN3O4. The molecule has 0 radical (unpaired) electrons. The van der Waals surface area contributed by atoms with Crippen molar-refractivity contribution < 1.29 is 19.4 Å². The second-order valence-corrected chi connectivity index (χ2v) is 8.56. The van der Waals surface area contributed by atoms with Crippen LogP contribution in [0.4, 0.5) is 0 Å². The van der Waals surface area contributed by atoms with Crippen LogP contribution in [0.5, 0.6) is 11.5 Å². The molecule has 31 heavy (non-hydrogen) atoms. The van der Waals surface area contributed by atoms with E-state index < -0.39 is 5.91 Å². The molecule has 1 saturated heterocycles. The Balaban J connectivity index is 1.52. The van der Waals surface area contributed by atoms with E-state index in [1.165, 1.54) is 12.3 Å². The number of amides is 2. The van der Waals surface area contributed by atoms with E-state index in [0.717, 1.165) is 23.7 Å². The third-order valence-electron chi connectivity index (χ3n) is 5.32. The van der Waals surface area contributed by atoms with Gasteiger partial charge in [-0.15, -0.1) is 0 Å². The molecule has 1 aliphatic rings. The number of carbonyl (C=O) groups is 2. The summed E-state index contributed by atoms with van der Waals surface area (Å²) < 4.78 is 6.42. The van der Waals surface area contributed by atoms with E-state index in [4.69, 9.17) is 4.74 Å². The van der Waals surface area contributed by atoms with E-state index in [9.17, 15) is 14.7 Å². The molecule has 164 valence electrons. The van der Waals surface area contributed by atoms with Crippen molar-refractivity contribution in [3.63, 3.8) is 0 Å². The Bertz CT molecular complexity index is 952. The van der Waals surface area contributed by atoms with Gasteiger partial charge in [0.05, 0.1) is 6.21 Å². The zero-order valence-electron chi connectivity index (χ0n) is 17.5. The largest absolute Gasteiger partial charge is 0.507 e. The Labute approximate surface area is 190 Å². The van der Waals surface area contributed by atoms with Gasteiger partial charge in [0.1, 0.15) is 11.5 Å². The van der Waals surface area contributed by atoms with E-state index >= 15 is 0 Å². The lowest BCUT2D eigenvalue weighted by molar-refractivity contribution is -0.139. The Morgan fingerprint density at radius 2 is 1.87 bits per heavy atom. The molecule has 1 heterocycles. The molecule has 0 spiro atoms. The summed E-state index contributed by atoms with van der Waals surface area (Å²) in [5, 5.41) is 13.7. The molecule has 2 aromatic carbocycles. The van der Waals surface area contributed by atoms with Crippen molar-refractivity contribution in [1.29, 1.82) is 0 Å². The summed E-state index contributed by atoms with van der Waals surface area (Å²) in [7, 11) is 0. The van der Waals surface area contributed by atoms with Crippen molar-refractivity contribution in [2.75, 3.05) is 6.61 Å². The lowest BCUT2D eigenvalue weighted by atomic mass is 9.97. The molecule has 8 heteroatoms. The first-order valence-corrected chi connectivity index (χ1v) is 11.0. The maximum atomic E-state index is 12.5. The highest BCUT2D eigenvalue weighted by Gasteiger charge is 2.28. The smallest absolute Gasteiger partial charge is 0.271 e. The van der Waals surface area contributed by atoms with Gasteiger partial charge in [-0.1, -0.05) is 15.9 Å². The lowest BCUT2D eigenvalue weighted by Crippen LogP contribution is -2.49. The van der Waals surface area contributed by atoms with Gasteiger partial charge in [-0.25, -0.2) is 5.43 Å². The predicted octanol–water partition coefficient (Wildman–Crippen LogP) is 4.09. The zero-order valence-corrected chi connectivity index (χ0v) is 19.1. The number of halogens is 1. The van der Waals surface area contributed by atoms with Crippen LogP contribution < -0.4 is 10.2 Å². The molecule has 0 aliphatic carbocycles. The van der Waals surface area contributed by atoms with Gasteiger partial charge >= 0.3 is 0 Å². The van der Waals surface area contributed by atoms with Crippen molar-refractivity contribution >= 4 is 34.0 Å². The van der Waals surface area contributed by atoms with Crippen LogP contribution in [0.2, 0.25) is 0 Å². The van der Waals surface area contributed by atoms with Crippen LogP contribution in [0.3, 0.4) is 0 Å². The number of phenolic OH excluding ortho intramolecular Hbond substituents is 1. The minimum atomic E-state index is -0.399. The second kappa shape index (κ2) is 10.4. The van der Waals surface area contributed by atoms with E-state index in [0.29, 0.717) is 16.9 Å². The molecule has 1 fully saturated rings. The minimum absolute atomic E-state index is 0.0216. The number of benzene rings is 2. The number of likely N-dealkylation sites (tertiary alicyclic amines) is 1. The minimum Gasteiger partial charge on any atom is -0.507 e. The van der Waals surface area contributed by atoms with Gasteiger partial charge < -0.3 is 14.7 Å². The zero-order chi connectivity index (χ0) is 22.4. The topological polar surface area (TPSA) is 91.2 Å². The standard InChI is InChI=1S/C23H26BrN3O4/c1-15-4-3-5-16(2)27(15)22(29)14-31-20-9-6-17(7-10-20)23(30)26-25-13-18-12-19(24)8-11-21(18)28/h6-13,15-16,28H,3-5,14H2,1-2H3,(H,26,30). The number of hydrogen-bond acceptors (Lipinski definition) is 5. The molecule has 3 rings (SSSR count). The quantitative estimate of drug-likeness (QED) is 0.474. The SMILES string of the molecule is CC1CCCC(C)N1C(=O)COc1ccc(C(=O)NN=Cc2cc(Br)ccc2O)cc1. The van der Waals surface area contributed by atoms with Crippen LogP contribution in [0.15, 0.2) is 52.0 Å². The summed E-state index contributed by atoms with van der Waals surface area (Å²) in [6, 6.07) is 11.9. The van der Waals surface area contributed by atoms with Crippen molar-refractivity contribution in [1.82, 2.24) is 10.3 Å². The highest BCUT2D eigenvalue weighted by Crippen LogP contribution is 2.23. The molecule has 7 nitrogen and oxygen atoms in total. The Hall–Kier alpha value is -2.87. The molecule has 2 amide bonds. The first-order chi connectivity index (χ1) is 14.8. The highest BCUT2D eigenvalue weighted by atomic mass is 79.9. The van der Waals surface area contributed by atoms with Crippen LogP contribution in [-0.4, -0.2) is 46.7 Å². The normalized spacial score (nSPS) is 18.7. The number of ether oxygens (including phenoxy) is 1. The van der Waals surface area contributed by atoms with Gasteiger partial charge in [-0.2, -0.15) is 5.10 Å². The third-order valence-corrected chi connectivity index (χ3v) is 5.81. The number of aromatic hydroxyl groups is 1. The van der Waals surface area contributed by atoms with Crippen molar-refractivity contribution in [2.24, 2.45) is 5.10 Å². The Kier molecular flexibility index (Phi) is 7.68. The number of nitrogens with one attached hydrogen (secondary N) is 1. The fourth-order valence-corrected chi connectivity index (χ4v) is 4.07. The van der Waals surface area contributed by atoms with Gasteiger partial charge in [-0.3, -0.25) is 9.59 Å². The lowest BCUT2D eigenvalue weighted by Gasteiger charge is -2.38. The van der Waals surface area contributed by atoms with Gasteiger partial charge in [0, 0.05) is 27.7 Å². The molecule has 0 saturated carbocycles. The number of hydrazone groups is 1. The van der Waals surface area contributed by atoms with Gasteiger partial charge in [0.2, 0.25) is 0 Å². The van der Waals surface area contributed by atoms with Crippen LogP contribution in [0.1, 0.15) is 49.0 Å². The summed E-state index contributed by atoms with van der Waals surface area (Å²) in [4.78, 5) is 26.7. The number of hydrogen-bond donors (Lipinski definition) is 2. The monoisotopic (exact) mass is 487 g/mol. The Morgan fingerprint density at radius 1 is 1.19 bits per heavy atom. The van der Waals surface area contributed by atoms with E-state index in [-0.39, 0.29) is 30.3 Å². The van der Waals surface area contributed by atoms with Crippen LogP contribution in [-0.2, 0) is 4.79 Å². The maximum Gasteiger partial charge on any atom is 0.271 e. The number of carbonyl (C=O) groups excluding carboxylic acids is 2. The van der Waals surface area contributed by atoms with Gasteiger partial charge in [-0.05, 0) is 75.6 Å². The highest BCUT2D eigenvalue weighted by molar-refractivity contribution is 9.10. The number of phenols is 1. The van der Waals surface area contributed by atoms with Crippen LogP contribution >= 0.6 is 15.9 Å². The number of piperidine rings is 1. The predicted molar refractivity (Wildman–Crippen MR) is 122 cm³/mol. The van der Waals surface area contributed by atoms with Gasteiger partial charge in [0.15, 0.2) is 6.61 Å². The first kappa shape index (κ1) is 22.8. The molecule has 1 aliphatic heterocycles. The van der Waals surface area contributed by atoms with Crippen molar-refractivity contribution in [3.05, 3.63) is 58.1 Å². The first-order valence-electron chi connectivity index (χ1n) is 10.2. The second-order valence-electron chi connectivity index (χ2n) is 7.65. The van der Waals surface area contributed by atoms with E-state index in [1.807, 2.05) is 4.90 Å². The van der Waals surface area contributed by atoms with Gasteiger partial charge in [0.25, 0.3) is 11.8 Å². The molecule has 2 N–H and O–H groups in total. The average Bonchev–Trinajstić information content (AvgIpc) is 2.75. The summed E-state index contributed by atoms with van der Waals surface area (Å²) >= 11 is 3.31. The van der Waals surface area contributed by atoms with Crippen molar-refractivity contribution in [2.45, 2.75) is 45.2 Å². The molecule has 2 atom stereocenters. The summed E-state index contributed by atoms with van der Waals surface area (Å²) in [5.41, 5.74) is 3.29. The molecule has 2 unspecified atom stereocenters. The summed E-state index contributed by atoms with van der Waals surface area (Å²) in [5.74, 6) is 0.159. The van der Waals surface area contributed by atoms with Crippen LogP contribution in [0.25, 0.3) is 0 Å². The molecule has 2 aromatic rings. The molecular weight excluding hydrogens is 462 g/mol.